The molecule has 1 N–H and O–H groups in total. The SMILES string of the molecule is Cc1cncc(NS(=O)(=O)c2cccc(F)c2)c1. The molecule has 4 nitrogen and oxygen atoms in total. The molecule has 18 heavy (non-hydrogen) atoms. The van der Waals surface area contributed by atoms with E-state index in [0.717, 1.165) is 11.6 Å². The average molecular weight is 266 g/mol. The summed E-state index contributed by atoms with van der Waals surface area (Å²) >= 11 is 0. The van der Waals surface area contributed by atoms with Crippen LogP contribution in [0, 0.1) is 12.7 Å². The molecule has 1 heterocycles. The molecule has 0 saturated carbocycles. The van der Waals surface area contributed by atoms with Crippen molar-refractivity contribution in [1.29, 1.82) is 0 Å². The third kappa shape index (κ3) is 2.84. The van der Waals surface area contributed by atoms with E-state index in [4.69, 9.17) is 0 Å². The Morgan fingerprint density at radius 1 is 1.22 bits per heavy atom. The van der Waals surface area contributed by atoms with Gasteiger partial charge in [-0.15, -0.1) is 0 Å². The third-order valence-electron chi connectivity index (χ3n) is 2.23. The van der Waals surface area contributed by atoms with E-state index in [2.05, 4.69) is 9.71 Å². The standard InChI is InChI=1S/C12H11FN2O2S/c1-9-5-11(8-14-7-9)15-18(16,17)12-4-2-3-10(13)6-12/h2-8,15H,1H3. The van der Waals surface area contributed by atoms with Gasteiger partial charge in [-0.05, 0) is 36.8 Å². The Balaban J connectivity index is 2.33. The molecule has 0 atom stereocenters. The second-order valence-electron chi connectivity index (χ2n) is 3.81. The predicted octanol–water partition coefficient (Wildman–Crippen LogP) is 2.33. The number of hydrogen-bond acceptors (Lipinski definition) is 3. The van der Waals surface area contributed by atoms with E-state index in [0.29, 0.717) is 5.69 Å². The number of benzene rings is 1. The molecule has 1 aromatic carbocycles. The van der Waals surface area contributed by atoms with Crippen LogP contribution in [0.25, 0.3) is 0 Å². The first-order valence-corrected chi connectivity index (χ1v) is 6.66. The minimum atomic E-state index is -3.78. The molecule has 2 aromatic rings. The summed E-state index contributed by atoms with van der Waals surface area (Å²) in [5, 5.41) is 0. The first kappa shape index (κ1) is 12.5. The van der Waals surface area contributed by atoms with E-state index in [1.165, 1.54) is 24.4 Å². The van der Waals surface area contributed by atoms with Gasteiger partial charge in [0.2, 0.25) is 0 Å². The number of anilines is 1. The number of nitrogens with one attached hydrogen (secondary N) is 1. The van der Waals surface area contributed by atoms with Crippen LogP contribution in [0.2, 0.25) is 0 Å². The van der Waals surface area contributed by atoms with Crippen LogP contribution < -0.4 is 4.72 Å². The Morgan fingerprint density at radius 2 is 2.00 bits per heavy atom. The number of aromatic nitrogens is 1. The Labute approximate surface area is 105 Å². The van der Waals surface area contributed by atoms with Crippen molar-refractivity contribution in [2.45, 2.75) is 11.8 Å². The van der Waals surface area contributed by atoms with Crippen molar-refractivity contribution in [3.05, 3.63) is 54.1 Å². The summed E-state index contributed by atoms with van der Waals surface area (Å²) in [4.78, 5) is 3.76. The van der Waals surface area contributed by atoms with Gasteiger partial charge < -0.3 is 0 Å². The van der Waals surface area contributed by atoms with E-state index < -0.39 is 15.8 Å². The van der Waals surface area contributed by atoms with Gasteiger partial charge in [0.25, 0.3) is 10.0 Å². The molecule has 0 unspecified atom stereocenters. The number of nitrogens with zero attached hydrogens (tertiary/aromatic N) is 1. The van der Waals surface area contributed by atoms with Gasteiger partial charge in [0.15, 0.2) is 0 Å². The van der Waals surface area contributed by atoms with Crippen molar-refractivity contribution in [2.24, 2.45) is 0 Å². The molecule has 0 aliphatic heterocycles. The van der Waals surface area contributed by atoms with E-state index in [-0.39, 0.29) is 4.90 Å². The fourth-order valence-corrected chi connectivity index (χ4v) is 2.52. The molecule has 1 aromatic heterocycles. The highest BCUT2D eigenvalue weighted by molar-refractivity contribution is 7.92. The molecule has 0 aliphatic carbocycles. The van der Waals surface area contributed by atoms with Crippen molar-refractivity contribution in [3.8, 4) is 0 Å². The Bertz CT molecular complexity index is 671. The Hall–Kier alpha value is -1.95. The molecule has 0 spiro atoms. The number of aryl methyl sites for hydroxylation is 1. The van der Waals surface area contributed by atoms with Crippen LogP contribution >= 0.6 is 0 Å². The first-order chi connectivity index (χ1) is 8.47. The first-order valence-electron chi connectivity index (χ1n) is 5.17. The minimum Gasteiger partial charge on any atom is -0.278 e. The van der Waals surface area contributed by atoms with Gasteiger partial charge in [0, 0.05) is 6.20 Å². The van der Waals surface area contributed by atoms with Crippen molar-refractivity contribution >= 4 is 15.7 Å². The number of hydrogen-bond donors (Lipinski definition) is 1. The second-order valence-corrected chi connectivity index (χ2v) is 5.50. The maximum Gasteiger partial charge on any atom is 0.262 e. The van der Waals surface area contributed by atoms with Crippen LogP contribution in [0.5, 0.6) is 0 Å². The molecule has 0 fully saturated rings. The molecule has 0 radical (unpaired) electrons. The summed E-state index contributed by atoms with van der Waals surface area (Å²) in [7, 11) is -3.78. The molecule has 0 saturated heterocycles. The van der Waals surface area contributed by atoms with E-state index >= 15 is 0 Å². The maximum atomic E-state index is 13.0. The highest BCUT2D eigenvalue weighted by Crippen LogP contribution is 2.16. The Morgan fingerprint density at radius 3 is 2.67 bits per heavy atom. The zero-order valence-corrected chi connectivity index (χ0v) is 10.4. The molecular formula is C12H11FN2O2S. The summed E-state index contributed by atoms with van der Waals surface area (Å²) < 4.78 is 39.3. The van der Waals surface area contributed by atoms with Crippen LogP contribution in [0.4, 0.5) is 10.1 Å². The van der Waals surface area contributed by atoms with E-state index in [1.54, 1.807) is 19.2 Å². The van der Waals surface area contributed by atoms with Crippen LogP contribution in [0.15, 0.2) is 47.6 Å². The summed E-state index contributed by atoms with van der Waals surface area (Å²) in [6.07, 6.45) is 3.00. The lowest BCUT2D eigenvalue weighted by Gasteiger charge is -2.08. The highest BCUT2D eigenvalue weighted by Gasteiger charge is 2.14. The number of pyridine rings is 1. The van der Waals surface area contributed by atoms with E-state index in [9.17, 15) is 12.8 Å². The summed E-state index contributed by atoms with van der Waals surface area (Å²) in [5.74, 6) is -0.597. The third-order valence-corrected chi connectivity index (χ3v) is 3.61. The van der Waals surface area contributed by atoms with Crippen molar-refractivity contribution < 1.29 is 12.8 Å². The van der Waals surface area contributed by atoms with Gasteiger partial charge in [0.1, 0.15) is 5.82 Å². The van der Waals surface area contributed by atoms with Crippen molar-refractivity contribution in [3.63, 3.8) is 0 Å². The number of sulfonamides is 1. The van der Waals surface area contributed by atoms with Crippen LogP contribution in [0.1, 0.15) is 5.56 Å². The number of rotatable bonds is 3. The van der Waals surface area contributed by atoms with Gasteiger partial charge in [0.05, 0.1) is 16.8 Å². The van der Waals surface area contributed by atoms with Crippen molar-refractivity contribution in [1.82, 2.24) is 4.98 Å². The summed E-state index contributed by atoms with van der Waals surface area (Å²) in [5.41, 5.74) is 1.17. The number of halogens is 1. The van der Waals surface area contributed by atoms with Crippen LogP contribution in [0.3, 0.4) is 0 Å². The zero-order valence-electron chi connectivity index (χ0n) is 9.59. The van der Waals surface area contributed by atoms with Gasteiger partial charge in [-0.25, -0.2) is 12.8 Å². The monoisotopic (exact) mass is 266 g/mol. The van der Waals surface area contributed by atoms with Gasteiger partial charge in [-0.2, -0.15) is 0 Å². The van der Waals surface area contributed by atoms with E-state index in [1.807, 2.05) is 0 Å². The molecule has 0 bridgehead atoms. The van der Waals surface area contributed by atoms with Crippen LogP contribution in [-0.2, 0) is 10.0 Å². The topological polar surface area (TPSA) is 59.1 Å². The molecule has 0 aliphatic rings. The quantitative estimate of drug-likeness (QED) is 0.927. The normalized spacial score (nSPS) is 11.2. The molecule has 6 heteroatoms. The van der Waals surface area contributed by atoms with Gasteiger partial charge >= 0.3 is 0 Å². The lowest BCUT2D eigenvalue weighted by Crippen LogP contribution is -2.13. The summed E-state index contributed by atoms with van der Waals surface area (Å²) in [6, 6.07) is 6.47. The van der Waals surface area contributed by atoms with Crippen molar-refractivity contribution in [2.75, 3.05) is 4.72 Å². The molecule has 94 valence electrons. The predicted molar refractivity (Wildman–Crippen MR) is 66.2 cm³/mol. The average Bonchev–Trinajstić information content (AvgIpc) is 2.28. The Kier molecular flexibility index (Phi) is 3.29. The smallest absolute Gasteiger partial charge is 0.262 e. The van der Waals surface area contributed by atoms with Crippen LogP contribution in [-0.4, -0.2) is 13.4 Å². The lowest BCUT2D eigenvalue weighted by molar-refractivity contribution is 0.595. The molecular weight excluding hydrogens is 255 g/mol. The highest BCUT2D eigenvalue weighted by atomic mass is 32.2. The minimum absolute atomic E-state index is 0.121. The largest absolute Gasteiger partial charge is 0.278 e. The zero-order chi connectivity index (χ0) is 13.2. The fourth-order valence-electron chi connectivity index (χ4n) is 1.46. The lowest BCUT2D eigenvalue weighted by atomic mass is 10.3. The molecule has 0 amide bonds. The maximum absolute atomic E-state index is 13.0. The van der Waals surface area contributed by atoms with Gasteiger partial charge in [-0.3, -0.25) is 9.71 Å². The summed E-state index contributed by atoms with van der Waals surface area (Å²) in [6.45, 7) is 1.80. The van der Waals surface area contributed by atoms with Gasteiger partial charge in [-0.1, -0.05) is 6.07 Å². The molecule has 2 rings (SSSR count). The fraction of sp³-hybridized carbons (Fsp3) is 0.0833. The second kappa shape index (κ2) is 4.73.